The Labute approximate surface area is 107 Å². The molecule has 92 valence electrons. The van der Waals surface area contributed by atoms with Gasteiger partial charge in [0.2, 0.25) is 0 Å². The van der Waals surface area contributed by atoms with E-state index in [1.165, 1.54) is 19.3 Å². The van der Waals surface area contributed by atoms with Crippen molar-refractivity contribution >= 4 is 16.7 Å². The van der Waals surface area contributed by atoms with E-state index in [1.54, 1.807) is 0 Å². The average molecular weight is 239 g/mol. The molecule has 1 aromatic heterocycles. The molecule has 1 N–H and O–H groups in total. The fourth-order valence-corrected chi connectivity index (χ4v) is 2.68. The average Bonchev–Trinajstić information content (AvgIpc) is 2.72. The lowest BCUT2D eigenvalue weighted by molar-refractivity contribution is 0.321. The van der Waals surface area contributed by atoms with Crippen LogP contribution in [0.2, 0.25) is 0 Å². The third-order valence-corrected chi connectivity index (χ3v) is 3.94. The van der Waals surface area contributed by atoms with Crippen molar-refractivity contribution in [1.82, 2.24) is 4.98 Å². The molecule has 3 rings (SSSR count). The zero-order valence-electron chi connectivity index (χ0n) is 10.6. The minimum atomic E-state index is 0.771. The highest BCUT2D eigenvalue weighted by Crippen LogP contribution is 2.31. The molecule has 18 heavy (non-hydrogen) atoms. The second-order valence-corrected chi connectivity index (χ2v) is 5.18. The number of hydrogen-bond acceptors (Lipinski definition) is 2. The molecular weight excluding hydrogens is 222 g/mol. The number of benzene rings is 1. The van der Waals surface area contributed by atoms with Gasteiger partial charge in [-0.15, -0.1) is 0 Å². The number of para-hydroxylation sites is 1. The number of fused-ring (bicyclic) bond motifs is 1. The molecule has 0 unspecified atom stereocenters. The SMILES string of the molecule is CN(CC1CCC1)c1[nH]c2ccccc2c1C#N. The van der Waals surface area contributed by atoms with Gasteiger partial charge in [0.05, 0.1) is 0 Å². The number of hydrogen-bond donors (Lipinski definition) is 1. The summed E-state index contributed by atoms with van der Waals surface area (Å²) < 4.78 is 0. The zero-order chi connectivity index (χ0) is 12.5. The highest BCUT2D eigenvalue weighted by Gasteiger charge is 2.21. The van der Waals surface area contributed by atoms with Crippen molar-refractivity contribution in [1.29, 1.82) is 5.26 Å². The highest BCUT2D eigenvalue weighted by atomic mass is 15.2. The van der Waals surface area contributed by atoms with Crippen molar-refractivity contribution in [2.75, 3.05) is 18.5 Å². The summed E-state index contributed by atoms with van der Waals surface area (Å²) >= 11 is 0. The molecule has 0 radical (unpaired) electrons. The molecule has 0 aliphatic heterocycles. The third kappa shape index (κ3) is 1.74. The van der Waals surface area contributed by atoms with Gasteiger partial charge >= 0.3 is 0 Å². The maximum absolute atomic E-state index is 9.36. The van der Waals surface area contributed by atoms with Gasteiger partial charge in [0.15, 0.2) is 0 Å². The maximum Gasteiger partial charge on any atom is 0.124 e. The van der Waals surface area contributed by atoms with Crippen molar-refractivity contribution in [3.05, 3.63) is 29.8 Å². The van der Waals surface area contributed by atoms with Gasteiger partial charge in [-0.25, -0.2) is 0 Å². The van der Waals surface area contributed by atoms with Gasteiger partial charge in [0, 0.05) is 24.5 Å². The number of H-pyrrole nitrogens is 1. The summed E-state index contributed by atoms with van der Waals surface area (Å²) in [6, 6.07) is 10.3. The normalized spacial score (nSPS) is 15.3. The summed E-state index contributed by atoms with van der Waals surface area (Å²) in [5.41, 5.74) is 1.82. The first-order valence-electron chi connectivity index (χ1n) is 6.51. The van der Waals surface area contributed by atoms with Crippen LogP contribution in [-0.2, 0) is 0 Å². The van der Waals surface area contributed by atoms with Crippen LogP contribution in [0, 0.1) is 17.2 Å². The van der Waals surface area contributed by atoms with Crippen molar-refractivity contribution in [2.24, 2.45) is 5.92 Å². The molecule has 3 heteroatoms. The van der Waals surface area contributed by atoms with Crippen LogP contribution < -0.4 is 4.90 Å². The van der Waals surface area contributed by atoms with Crippen molar-refractivity contribution in [2.45, 2.75) is 19.3 Å². The molecule has 1 aliphatic rings. The van der Waals surface area contributed by atoms with E-state index in [1.807, 2.05) is 24.3 Å². The Morgan fingerprint density at radius 2 is 2.17 bits per heavy atom. The Morgan fingerprint density at radius 1 is 1.39 bits per heavy atom. The van der Waals surface area contributed by atoms with Crippen LogP contribution in [0.15, 0.2) is 24.3 Å². The first-order chi connectivity index (χ1) is 8.79. The Hall–Kier alpha value is -1.95. The lowest BCUT2D eigenvalue weighted by atomic mass is 9.85. The van der Waals surface area contributed by atoms with Gasteiger partial charge in [-0.05, 0) is 24.8 Å². The summed E-state index contributed by atoms with van der Waals surface area (Å²) in [4.78, 5) is 5.57. The van der Waals surface area contributed by atoms with Crippen LogP contribution in [0.25, 0.3) is 10.9 Å². The van der Waals surface area contributed by atoms with Gasteiger partial charge in [0.1, 0.15) is 17.5 Å². The topological polar surface area (TPSA) is 42.8 Å². The largest absolute Gasteiger partial charge is 0.360 e. The summed E-state index contributed by atoms with van der Waals surface area (Å²) in [6.07, 6.45) is 4.01. The molecule has 0 amide bonds. The number of aromatic nitrogens is 1. The first-order valence-corrected chi connectivity index (χ1v) is 6.51. The summed E-state index contributed by atoms with van der Waals surface area (Å²) in [7, 11) is 2.07. The predicted octanol–water partition coefficient (Wildman–Crippen LogP) is 3.28. The molecule has 1 heterocycles. The Balaban J connectivity index is 1.97. The number of nitriles is 1. The van der Waals surface area contributed by atoms with E-state index >= 15 is 0 Å². The smallest absolute Gasteiger partial charge is 0.124 e. The van der Waals surface area contributed by atoms with Crippen molar-refractivity contribution < 1.29 is 0 Å². The molecule has 0 atom stereocenters. The van der Waals surface area contributed by atoms with E-state index in [0.717, 1.165) is 34.7 Å². The molecule has 0 spiro atoms. The quantitative estimate of drug-likeness (QED) is 0.893. The number of rotatable bonds is 3. The standard InChI is InChI=1S/C15H17N3/c1-18(10-11-5-4-6-11)15-13(9-16)12-7-2-3-8-14(12)17-15/h2-3,7-8,11,17H,4-6,10H2,1H3. The second-order valence-electron chi connectivity index (χ2n) is 5.18. The van der Waals surface area contributed by atoms with E-state index in [-0.39, 0.29) is 0 Å². The number of nitrogens with zero attached hydrogens (tertiary/aromatic N) is 2. The summed E-state index contributed by atoms with van der Waals surface area (Å²) in [5.74, 6) is 1.76. The van der Waals surface area contributed by atoms with Crippen LogP contribution in [0.4, 0.5) is 5.82 Å². The minimum Gasteiger partial charge on any atom is -0.360 e. The van der Waals surface area contributed by atoms with E-state index in [4.69, 9.17) is 0 Å². The molecule has 1 aromatic carbocycles. The van der Waals surface area contributed by atoms with E-state index in [9.17, 15) is 5.26 Å². The van der Waals surface area contributed by atoms with Gasteiger partial charge < -0.3 is 9.88 Å². The number of nitrogens with one attached hydrogen (secondary N) is 1. The van der Waals surface area contributed by atoms with Crippen molar-refractivity contribution in [3.8, 4) is 6.07 Å². The molecule has 3 nitrogen and oxygen atoms in total. The Bertz CT molecular complexity index is 602. The molecule has 0 saturated heterocycles. The number of anilines is 1. The lowest BCUT2D eigenvalue weighted by Crippen LogP contribution is -2.29. The van der Waals surface area contributed by atoms with Crippen molar-refractivity contribution in [3.63, 3.8) is 0 Å². The zero-order valence-corrected chi connectivity index (χ0v) is 10.6. The van der Waals surface area contributed by atoms with Crippen LogP contribution >= 0.6 is 0 Å². The maximum atomic E-state index is 9.36. The minimum absolute atomic E-state index is 0.771. The Morgan fingerprint density at radius 3 is 2.83 bits per heavy atom. The van der Waals surface area contributed by atoms with Crippen LogP contribution in [0.1, 0.15) is 24.8 Å². The van der Waals surface area contributed by atoms with Gasteiger partial charge in [-0.1, -0.05) is 24.6 Å². The predicted molar refractivity (Wildman–Crippen MR) is 73.6 cm³/mol. The van der Waals surface area contributed by atoms with E-state index in [0.29, 0.717) is 0 Å². The molecule has 0 bridgehead atoms. The van der Waals surface area contributed by atoms with E-state index in [2.05, 4.69) is 23.0 Å². The summed E-state index contributed by atoms with van der Waals surface area (Å²) in [6.45, 7) is 1.04. The van der Waals surface area contributed by atoms with Gasteiger partial charge in [-0.2, -0.15) is 5.26 Å². The second kappa shape index (κ2) is 4.38. The number of aromatic amines is 1. The third-order valence-electron chi connectivity index (χ3n) is 3.94. The van der Waals surface area contributed by atoms with Gasteiger partial charge in [0.25, 0.3) is 0 Å². The van der Waals surface area contributed by atoms with Crippen LogP contribution in [0.5, 0.6) is 0 Å². The first kappa shape index (κ1) is 11.2. The fraction of sp³-hybridized carbons (Fsp3) is 0.400. The highest BCUT2D eigenvalue weighted by molar-refractivity contribution is 5.91. The van der Waals surface area contributed by atoms with Gasteiger partial charge in [-0.3, -0.25) is 0 Å². The summed E-state index contributed by atoms with van der Waals surface area (Å²) in [5, 5.41) is 10.4. The molecular formula is C15H17N3. The fourth-order valence-electron chi connectivity index (χ4n) is 2.68. The molecule has 1 aliphatic carbocycles. The van der Waals surface area contributed by atoms with Crippen LogP contribution in [0.3, 0.4) is 0 Å². The van der Waals surface area contributed by atoms with E-state index < -0.39 is 0 Å². The monoisotopic (exact) mass is 239 g/mol. The molecule has 2 aromatic rings. The van der Waals surface area contributed by atoms with Crippen LogP contribution in [-0.4, -0.2) is 18.6 Å². The Kier molecular flexibility index (Phi) is 2.71. The lowest BCUT2D eigenvalue weighted by Gasteiger charge is -2.30. The molecule has 1 fully saturated rings. The molecule has 1 saturated carbocycles.